The minimum atomic E-state index is 0.132. The van der Waals surface area contributed by atoms with E-state index in [1.165, 1.54) is 16.7 Å². The van der Waals surface area contributed by atoms with Crippen LogP contribution in [0.1, 0.15) is 49.3 Å². The summed E-state index contributed by atoms with van der Waals surface area (Å²) in [4.78, 5) is 15.9. The van der Waals surface area contributed by atoms with Crippen LogP contribution in [0.2, 0.25) is 0 Å². The average Bonchev–Trinajstić information content (AvgIpc) is 2.56. The first kappa shape index (κ1) is 17.2. The van der Waals surface area contributed by atoms with E-state index in [1.54, 1.807) is 6.20 Å². The van der Waals surface area contributed by atoms with E-state index < -0.39 is 0 Å². The molecule has 0 unspecified atom stereocenters. The second kappa shape index (κ2) is 9.09. The summed E-state index contributed by atoms with van der Waals surface area (Å²) < 4.78 is 0. The van der Waals surface area contributed by atoms with E-state index in [2.05, 4.69) is 48.4 Å². The minimum Gasteiger partial charge on any atom is -0.356 e. The summed E-state index contributed by atoms with van der Waals surface area (Å²) in [7, 11) is 0. The number of aromatic nitrogens is 1. The van der Waals surface area contributed by atoms with Gasteiger partial charge in [0.25, 0.3) is 0 Å². The maximum atomic E-state index is 11.8. The Morgan fingerprint density at radius 3 is 2.52 bits per heavy atom. The molecule has 122 valence electrons. The van der Waals surface area contributed by atoms with E-state index in [4.69, 9.17) is 0 Å². The van der Waals surface area contributed by atoms with Gasteiger partial charge in [-0.05, 0) is 47.9 Å². The molecule has 1 N–H and O–H groups in total. The normalized spacial score (nSPS) is 10.7. The second-order valence-corrected chi connectivity index (χ2v) is 6.21. The number of nitrogens with zero attached hydrogens (tertiary/aromatic N) is 1. The van der Waals surface area contributed by atoms with Crippen LogP contribution in [0.4, 0.5) is 0 Å². The van der Waals surface area contributed by atoms with E-state index in [1.807, 2.05) is 18.3 Å². The van der Waals surface area contributed by atoms with Gasteiger partial charge in [0.15, 0.2) is 0 Å². The highest BCUT2D eigenvalue weighted by Crippen LogP contribution is 2.14. The number of amides is 1. The fourth-order valence-corrected chi connectivity index (χ4v) is 2.50. The van der Waals surface area contributed by atoms with Crippen LogP contribution in [-0.4, -0.2) is 17.4 Å². The van der Waals surface area contributed by atoms with Gasteiger partial charge in [-0.2, -0.15) is 0 Å². The maximum Gasteiger partial charge on any atom is 0.220 e. The molecule has 23 heavy (non-hydrogen) atoms. The van der Waals surface area contributed by atoms with Gasteiger partial charge in [0, 0.05) is 25.4 Å². The molecule has 0 radical (unpaired) electrons. The van der Waals surface area contributed by atoms with Gasteiger partial charge >= 0.3 is 0 Å². The van der Waals surface area contributed by atoms with E-state index in [-0.39, 0.29) is 5.91 Å². The molecule has 0 fully saturated rings. The standard InChI is InChI=1S/C20H26N2O/c1-16(2)19-10-8-17(9-11-19)12-14-22-20(23)7-3-5-18-6-4-13-21-15-18/h4,6,8-11,13,15-16H,3,5,7,12,14H2,1-2H3,(H,22,23). The summed E-state index contributed by atoms with van der Waals surface area (Å²) in [6.07, 6.45) is 6.84. The zero-order valence-corrected chi connectivity index (χ0v) is 14.1. The topological polar surface area (TPSA) is 42.0 Å². The Bertz CT molecular complexity index is 591. The molecule has 0 saturated heterocycles. The highest BCUT2D eigenvalue weighted by atomic mass is 16.1. The van der Waals surface area contributed by atoms with Gasteiger partial charge in [-0.1, -0.05) is 44.2 Å². The third-order valence-corrected chi connectivity index (χ3v) is 3.97. The van der Waals surface area contributed by atoms with Crippen LogP contribution in [0.3, 0.4) is 0 Å². The molecule has 2 rings (SSSR count). The number of benzene rings is 1. The van der Waals surface area contributed by atoms with Crippen LogP contribution in [0.15, 0.2) is 48.8 Å². The fraction of sp³-hybridized carbons (Fsp3) is 0.400. The van der Waals surface area contributed by atoms with E-state index in [0.717, 1.165) is 19.3 Å². The molecule has 2 aromatic rings. The van der Waals surface area contributed by atoms with Crippen LogP contribution in [0.25, 0.3) is 0 Å². The van der Waals surface area contributed by atoms with Gasteiger partial charge in [0.2, 0.25) is 5.91 Å². The quantitative estimate of drug-likeness (QED) is 0.804. The molecule has 0 spiro atoms. The number of nitrogens with one attached hydrogen (secondary N) is 1. The second-order valence-electron chi connectivity index (χ2n) is 6.21. The summed E-state index contributed by atoms with van der Waals surface area (Å²) >= 11 is 0. The first-order chi connectivity index (χ1) is 11.1. The largest absolute Gasteiger partial charge is 0.356 e. The predicted octanol–water partition coefficient (Wildman–Crippen LogP) is 3.89. The highest BCUT2D eigenvalue weighted by Gasteiger charge is 2.03. The summed E-state index contributed by atoms with van der Waals surface area (Å²) in [6.45, 7) is 5.09. The van der Waals surface area contributed by atoms with Crippen molar-refractivity contribution in [3.63, 3.8) is 0 Å². The zero-order chi connectivity index (χ0) is 16.5. The van der Waals surface area contributed by atoms with Crippen molar-refractivity contribution in [2.45, 2.75) is 45.4 Å². The SMILES string of the molecule is CC(C)c1ccc(CCNC(=O)CCCc2cccnc2)cc1. The molecule has 0 aliphatic heterocycles. The van der Waals surface area contributed by atoms with Gasteiger partial charge in [0.05, 0.1) is 0 Å². The van der Waals surface area contributed by atoms with Crippen LogP contribution < -0.4 is 5.32 Å². The van der Waals surface area contributed by atoms with Crippen molar-refractivity contribution in [1.82, 2.24) is 10.3 Å². The van der Waals surface area contributed by atoms with Crippen LogP contribution in [-0.2, 0) is 17.6 Å². The van der Waals surface area contributed by atoms with Crippen molar-refractivity contribution in [3.8, 4) is 0 Å². The van der Waals surface area contributed by atoms with Crippen molar-refractivity contribution in [3.05, 3.63) is 65.5 Å². The fourth-order valence-electron chi connectivity index (χ4n) is 2.50. The summed E-state index contributed by atoms with van der Waals surface area (Å²) in [5.41, 5.74) is 3.81. The molecule has 0 bridgehead atoms. The smallest absolute Gasteiger partial charge is 0.220 e. The molecular weight excluding hydrogens is 284 g/mol. The third kappa shape index (κ3) is 6.23. The van der Waals surface area contributed by atoms with Crippen LogP contribution in [0, 0.1) is 0 Å². The van der Waals surface area contributed by atoms with E-state index in [0.29, 0.717) is 18.9 Å². The lowest BCUT2D eigenvalue weighted by Crippen LogP contribution is -2.25. The molecule has 3 heteroatoms. The molecule has 1 aromatic carbocycles. The summed E-state index contributed by atoms with van der Waals surface area (Å²) in [6, 6.07) is 12.6. The summed E-state index contributed by atoms with van der Waals surface area (Å²) in [5.74, 6) is 0.691. The van der Waals surface area contributed by atoms with Crippen molar-refractivity contribution >= 4 is 5.91 Å². The van der Waals surface area contributed by atoms with Crippen molar-refractivity contribution in [2.75, 3.05) is 6.54 Å². The molecule has 0 saturated carbocycles. The number of aryl methyl sites for hydroxylation is 1. The van der Waals surface area contributed by atoms with Gasteiger partial charge < -0.3 is 5.32 Å². The number of carbonyl (C=O) groups is 1. The maximum absolute atomic E-state index is 11.8. The number of pyridine rings is 1. The number of carbonyl (C=O) groups excluding carboxylic acids is 1. The molecule has 3 nitrogen and oxygen atoms in total. The Morgan fingerprint density at radius 2 is 1.87 bits per heavy atom. The van der Waals surface area contributed by atoms with Crippen LogP contribution >= 0.6 is 0 Å². The molecule has 1 heterocycles. The minimum absolute atomic E-state index is 0.132. The predicted molar refractivity (Wildman–Crippen MR) is 94.4 cm³/mol. The lowest BCUT2D eigenvalue weighted by molar-refractivity contribution is -0.121. The molecule has 0 aliphatic rings. The van der Waals surface area contributed by atoms with E-state index in [9.17, 15) is 4.79 Å². The van der Waals surface area contributed by atoms with Gasteiger partial charge in [-0.25, -0.2) is 0 Å². The Labute approximate surface area is 139 Å². The Hall–Kier alpha value is -2.16. The molecule has 1 amide bonds. The Morgan fingerprint density at radius 1 is 1.09 bits per heavy atom. The Kier molecular flexibility index (Phi) is 6.79. The van der Waals surface area contributed by atoms with E-state index >= 15 is 0 Å². The molecule has 0 aliphatic carbocycles. The van der Waals surface area contributed by atoms with Crippen molar-refractivity contribution < 1.29 is 4.79 Å². The first-order valence-corrected chi connectivity index (χ1v) is 8.39. The lowest BCUT2D eigenvalue weighted by Gasteiger charge is -2.08. The van der Waals surface area contributed by atoms with Crippen molar-refractivity contribution in [1.29, 1.82) is 0 Å². The monoisotopic (exact) mass is 310 g/mol. The van der Waals surface area contributed by atoms with Crippen LogP contribution in [0.5, 0.6) is 0 Å². The van der Waals surface area contributed by atoms with Crippen molar-refractivity contribution in [2.24, 2.45) is 0 Å². The zero-order valence-electron chi connectivity index (χ0n) is 14.1. The highest BCUT2D eigenvalue weighted by molar-refractivity contribution is 5.75. The number of hydrogen-bond donors (Lipinski definition) is 1. The van der Waals surface area contributed by atoms with Gasteiger partial charge in [-0.15, -0.1) is 0 Å². The molecule has 0 atom stereocenters. The summed E-state index contributed by atoms with van der Waals surface area (Å²) in [5, 5.41) is 3.00. The lowest BCUT2D eigenvalue weighted by atomic mass is 10.0. The first-order valence-electron chi connectivity index (χ1n) is 8.39. The van der Waals surface area contributed by atoms with Gasteiger partial charge in [0.1, 0.15) is 0 Å². The Balaban J connectivity index is 1.62. The van der Waals surface area contributed by atoms with Gasteiger partial charge in [-0.3, -0.25) is 9.78 Å². The molecular formula is C20H26N2O. The molecule has 1 aromatic heterocycles. The third-order valence-electron chi connectivity index (χ3n) is 3.97. The average molecular weight is 310 g/mol. The number of hydrogen-bond acceptors (Lipinski definition) is 2. The number of rotatable bonds is 8.